The summed E-state index contributed by atoms with van der Waals surface area (Å²) in [4.78, 5) is 28.2. The highest BCUT2D eigenvalue weighted by Crippen LogP contribution is 2.20. The Morgan fingerprint density at radius 3 is 2.40 bits per heavy atom. The summed E-state index contributed by atoms with van der Waals surface area (Å²) in [7, 11) is 0. The van der Waals surface area contributed by atoms with E-state index < -0.39 is 11.6 Å². The highest BCUT2D eigenvalue weighted by Gasteiger charge is 2.33. The molecule has 6 nitrogen and oxygen atoms in total. The molecule has 1 N–H and O–H groups in total. The van der Waals surface area contributed by atoms with Crippen LogP contribution in [-0.2, 0) is 17.7 Å². The molecule has 0 spiro atoms. The van der Waals surface area contributed by atoms with Crippen LogP contribution in [0, 0.1) is 0 Å². The summed E-state index contributed by atoms with van der Waals surface area (Å²) in [5.41, 5.74) is 1.88. The Bertz CT molecular complexity index is 876. The Balaban J connectivity index is 1.74. The van der Waals surface area contributed by atoms with Gasteiger partial charge in [-0.15, -0.1) is 0 Å². The van der Waals surface area contributed by atoms with E-state index in [0.29, 0.717) is 31.7 Å². The van der Waals surface area contributed by atoms with E-state index in [-0.39, 0.29) is 12.1 Å². The van der Waals surface area contributed by atoms with E-state index in [2.05, 4.69) is 17.0 Å². The smallest absolute Gasteiger partial charge is 0.410 e. The summed E-state index contributed by atoms with van der Waals surface area (Å²) in [6.07, 6.45) is 0.460. The van der Waals surface area contributed by atoms with Gasteiger partial charge in [0, 0.05) is 26.2 Å². The Labute approximate surface area is 178 Å². The molecule has 0 radical (unpaired) electrons. The number of benzene rings is 2. The molecule has 1 amide bonds. The fraction of sp³-hybridized carbons (Fsp3) is 0.417. The van der Waals surface area contributed by atoms with Crippen LogP contribution < -0.4 is 0 Å². The zero-order chi connectivity index (χ0) is 21.7. The van der Waals surface area contributed by atoms with Crippen LogP contribution in [0.2, 0.25) is 0 Å². The van der Waals surface area contributed by atoms with Gasteiger partial charge in [0.1, 0.15) is 5.60 Å². The lowest BCUT2D eigenvalue weighted by Gasteiger charge is -2.42. The minimum atomic E-state index is -0.923. The topological polar surface area (TPSA) is 70.1 Å². The third-order valence-corrected chi connectivity index (χ3v) is 5.09. The van der Waals surface area contributed by atoms with Gasteiger partial charge in [-0.2, -0.15) is 0 Å². The number of carbonyl (C=O) groups excluding carboxylic acids is 1. The van der Waals surface area contributed by atoms with Crippen LogP contribution in [0.15, 0.2) is 54.6 Å². The van der Waals surface area contributed by atoms with Gasteiger partial charge in [0.05, 0.1) is 11.6 Å². The van der Waals surface area contributed by atoms with Crippen LogP contribution >= 0.6 is 0 Å². The number of aromatic carboxylic acids is 1. The first-order chi connectivity index (χ1) is 14.2. The van der Waals surface area contributed by atoms with Gasteiger partial charge in [-0.05, 0) is 50.5 Å². The fourth-order valence-corrected chi connectivity index (χ4v) is 3.75. The van der Waals surface area contributed by atoms with Gasteiger partial charge >= 0.3 is 12.1 Å². The van der Waals surface area contributed by atoms with E-state index in [9.17, 15) is 14.7 Å². The lowest BCUT2D eigenvalue weighted by atomic mass is 10.0. The van der Waals surface area contributed by atoms with E-state index in [1.165, 1.54) is 5.56 Å². The number of hydrogen-bond acceptors (Lipinski definition) is 4. The summed E-state index contributed by atoms with van der Waals surface area (Å²) in [6.45, 7) is 8.27. The molecule has 1 heterocycles. The second kappa shape index (κ2) is 9.30. The number of carbonyl (C=O) groups is 2. The molecule has 0 bridgehead atoms. The van der Waals surface area contributed by atoms with Gasteiger partial charge in [-0.25, -0.2) is 9.59 Å². The molecule has 1 atom stereocenters. The van der Waals surface area contributed by atoms with Crippen molar-refractivity contribution in [2.75, 3.05) is 19.6 Å². The van der Waals surface area contributed by atoms with Crippen molar-refractivity contribution in [3.63, 3.8) is 0 Å². The summed E-state index contributed by atoms with van der Waals surface area (Å²) in [5.74, 6) is -0.923. The molecule has 160 valence electrons. The monoisotopic (exact) mass is 410 g/mol. The van der Waals surface area contributed by atoms with E-state index >= 15 is 0 Å². The van der Waals surface area contributed by atoms with Crippen molar-refractivity contribution < 1.29 is 19.4 Å². The van der Waals surface area contributed by atoms with Gasteiger partial charge in [0.25, 0.3) is 0 Å². The average Bonchev–Trinajstić information content (AvgIpc) is 2.68. The highest BCUT2D eigenvalue weighted by molar-refractivity contribution is 5.87. The molecular weight excluding hydrogens is 380 g/mol. The summed E-state index contributed by atoms with van der Waals surface area (Å²) >= 11 is 0. The molecule has 1 aliphatic rings. The molecule has 1 aliphatic heterocycles. The van der Waals surface area contributed by atoms with Crippen LogP contribution in [0.1, 0.15) is 42.3 Å². The standard InChI is InChI=1S/C24H30N2O4/c1-24(2,3)30-23(29)26-13-12-25(16-19-10-7-11-20(14-19)22(27)28)17-21(26)15-18-8-5-4-6-9-18/h4-11,14,21H,12-13,15-17H2,1-3H3,(H,27,28). The molecule has 1 fully saturated rings. The number of amides is 1. The number of carboxylic acids is 1. The Kier molecular flexibility index (Phi) is 6.77. The summed E-state index contributed by atoms with van der Waals surface area (Å²) in [6, 6.07) is 17.2. The SMILES string of the molecule is CC(C)(C)OC(=O)N1CCN(Cc2cccc(C(=O)O)c2)CC1Cc1ccccc1. The normalized spacial score (nSPS) is 17.6. The third-order valence-electron chi connectivity index (χ3n) is 5.09. The molecule has 2 aromatic carbocycles. The van der Waals surface area contributed by atoms with Crippen LogP contribution in [0.4, 0.5) is 4.79 Å². The van der Waals surface area contributed by atoms with Crippen LogP contribution in [-0.4, -0.2) is 58.2 Å². The molecule has 3 rings (SSSR count). The van der Waals surface area contributed by atoms with Crippen molar-refractivity contribution in [2.24, 2.45) is 0 Å². The highest BCUT2D eigenvalue weighted by atomic mass is 16.6. The Morgan fingerprint density at radius 1 is 1.03 bits per heavy atom. The van der Waals surface area contributed by atoms with Gasteiger partial charge in [-0.1, -0.05) is 42.5 Å². The molecule has 2 aromatic rings. The predicted molar refractivity (Wildman–Crippen MR) is 116 cm³/mol. The fourth-order valence-electron chi connectivity index (χ4n) is 3.75. The van der Waals surface area contributed by atoms with Crippen LogP contribution in [0.5, 0.6) is 0 Å². The molecule has 0 saturated carbocycles. The van der Waals surface area contributed by atoms with Gasteiger partial charge in [-0.3, -0.25) is 4.90 Å². The third kappa shape index (κ3) is 6.07. The Hall–Kier alpha value is -2.86. The predicted octanol–water partition coefficient (Wildman–Crippen LogP) is 4.05. The average molecular weight is 411 g/mol. The number of hydrogen-bond donors (Lipinski definition) is 1. The second-order valence-electron chi connectivity index (χ2n) is 8.76. The van der Waals surface area contributed by atoms with Crippen molar-refractivity contribution in [1.29, 1.82) is 0 Å². The number of nitrogens with zero attached hydrogens (tertiary/aromatic N) is 2. The second-order valence-corrected chi connectivity index (χ2v) is 8.76. The molecule has 0 aliphatic carbocycles. The van der Waals surface area contributed by atoms with Crippen molar-refractivity contribution >= 4 is 12.1 Å². The first-order valence-corrected chi connectivity index (χ1v) is 10.3. The summed E-state index contributed by atoms with van der Waals surface area (Å²) < 4.78 is 5.64. The first-order valence-electron chi connectivity index (χ1n) is 10.3. The summed E-state index contributed by atoms with van der Waals surface area (Å²) in [5, 5.41) is 9.24. The molecule has 1 unspecified atom stereocenters. The maximum Gasteiger partial charge on any atom is 0.410 e. The van der Waals surface area contributed by atoms with E-state index in [1.807, 2.05) is 49.9 Å². The van der Waals surface area contributed by atoms with Crippen molar-refractivity contribution in [3.05, 3.63) is 71.3 Å². The number of rotatable bonds is 5. The van der Waals surface area contributed by atoms with Gasteiger partial charge in [0.15, 0.2) is 0 Å². The largest absolute Gasteiger partial charge is 0.478 e. The van der Waals surface area contributed by atoms with Gasteiger partial charge in [0.2, 0.25) is 0 Å². The zero-order valence-electron chi connectivity index (χ0n) is 17.9. The van der Waals surface area contributed by atoms with E-state index in [1.54, 1.807) is 18.2 Å². The molecule has 30 heavy (non-hydrogen) atoms. The quantitative estimate of drug-likeness (QED) is 0.805. The van der Waals surface area contributed by atoms with Crippen molar-refractivity contribution in [1.82, 2.24) is 9.80 Å². The molecule has 6 heteroatoms. The number of ether oxygens (including phenoxy) is 1. The number of piperazine rings is 1. The molecule has 1 saturated heterocycles. The van der Waals surface area contributed by atoms with Crippen molar-refractivity contribution in [3.8, 4) is 0 Å². The number of carboxylic acid groups (broad SMARTS) is 1. The maximum absolute atomic E-state index is 12.8. The first kappa shape index (κ1) is 21.8. The molecule has 0 aromatic heterocycles. The lowest BCUT2D eigenvalue weighted by molar-refractivity contribution is -0.00235. The van der Waals surface area contributed by atoms with Crippen LogP contribution in [0.3, 0.4) is 0 Å². The minimum absolute atomic E-state index is 0.0151. The van der Waals surface area contributed by atoms with Crippen LogP contribution in [0.25, 0.3) is 0 Å². The van der Waals surface area contributed by atoms with E-state index in [4.69, 9.17) is 4.74 Å². The maximum atomic E-state index is 12.8. The van der Waals surface area contributed by atoms with Gasteiger partial charge < -0.3 is 14.7 Å². The zero-order valence-corrected chi connectivity index (χ0v) is 17.9. The van der Waals surface area contributed by atoms with E-state index in [0.717, 1.165) is 12.0 Å². The molecular formula is C24H30N2O4. The Morgan fingerprint density at radius 2 is 1.73 bits per heavy atom. The van der Waals surface area contributed by atoms with Crippen molar-refractivity contribution in [2.45, 2.75) is 45.4 Å². The lowest BCUT2D eigenvalue weighted by Crippen LogP contribution is -2.56. The minimum Gasteiger partial charge on any atom is -0.478 e.